The van der Waals surface area contributed by atoms with Gasteiger partial charge in [0.05, 0.1) is 0 Å². The molecule has 0 heterocycles. The van der Waals surface area contributed by atoms with Crippen LogP contribution in [-0.2, 0) is 0 Å². The van der Waals surface area contributed by atoms with E-state index in [0.717, 1.165) is 12.8 Å². The molecule has 2 aromatic carbocycles. The fourth-order valence-corrected chi connectivity index (χ4v) is 2.04. The quantitative estimate of drug-likeness (QED) is 0.598. The van der Waals surface area contributed by atoms with Crippen LogP contribution >= 0.6 is 0 Å². The van der Waals surface area contributed by atoms with Crippen molar-refractivity contribution in [3.8, 4) is 0 Å². The molecule has 0 radical (unpaired) electrons. The summed E-state index contributed by atoms with van der Waals surface area (Å²) < 4.78 is 0. The Kier molecular flexibility index (Phi) is 6.64. The third-order valence-electron chi connectivity index (χ3n) is 3.23. The first-order valence-electron chi connectivity index (χ1n) is 7.95. The zero-order chi connectivity index (χ0) is 17.2. The van der Waals surface area contributed by atoms with E-state index < -0.39 is 0 Å². The summed E-state index contributed by atoms with van der Waals surface area (Å²) in [5.74, 6) is 0. The molecular weight excluding hydrogens is 304 g/mol. The maximum atomic E-state index is 12.0. The monoisotopic (exact) mass is 326 g/mol. The van der Waals surface area contributed by atoms with E-state index in [-0.39, 0.29) is 12.1 Å². The first-order valence-corrected chi connectivity index (χ1v) is 7.95. The molecular formula is C18H22N4O2. The van der Waals surface area contributed by atoms with Gasteiger partial charge in [-0.1, -0.05) is 37.6 Å². The van der Waals surface area contributed by atoms with Gasteiger partial charge < -0.3 is 21.3 Å². The van der Waals surface area contributed by atoms with Crippen molar-refractivity contribution in [1.82, 2.24) is 5.32 Å². The Labute approximate surface area is 141 Å². The highest BCUT2D eigenvalue weighted by molar-refractivity contribution is 6.00. The molecule has 4 amide bonds. The first kappa shape index (κ1) is 17.3. The van der Waals surface area contributed by atoms with E-state index >= 15 is 0 Å². The smallest absolute Gasteiger partial charge is 0.323 e. The Morgan fingerprint density at radius 1 is 0.792 bits per heavy atom. The Hall–Kier alpha value is -3.02. The third-order valence-corrected chi connectivity index (χ3v) is 3.23. The van der Waals surface area contributed by atoms with Crippen molar-refractivity contribution in [2.45, 2.75) is 19.8 Å². The highest BCUT2D eigenvalue weighted by Gasteiger charge is 2.05. The molecule has 4 N–H and O–H groups in total. The molecule has 6 nitrogen and oxygen atoms in total. The summed E-state index contributed by atoms with van der Waals surface area (Å²) in [5, 5.41) is 11.0. The minimum atomic E-state index is -0.342. The van der Waals surface area contributed by atoms with Gasteiger partial charge in [-0.25, -0.2) is 9.59 Å². The van der Waals surface area contributed by atoms with Gasteiger partial charge in [-0.05, 0) is 36.8 Å². The molecule has 2 aromatic rings. The number of carbonyl (C=O) groups is 2. The van der Waals surface area contributed by atoms with E-state index in [0.29, 0.717) is 23.6 Å². The lowest BCUT2D eigenvalue weighted by molar-refractivity contribution is 0.252. The number of para-hydroxylation sites is 1. The second kappa shape index (κ2) is 9.19. The largest absolute Gasteiger partial charge is 0.338 e. The van der Waals surface area contributed by atoms with Crippen molar-refractivity contribution in [3.05, 3.63) is 54.6 Å². The molecule has 126 valence electrons. The molecule has 0 saturated heterocycles. The standard InChI is InChI=1S/C18H22N4O2/c1-2-3-12-19-17(23)21-15-10-7-11-16(13-15)22-18(24)20-14-8-5-4-6-9-14/h4-11,13H,2-3,12H2,1H3,(H2,19,21,23)(H2,20,22,24). The summed E-state index contributed by atoms with van der Waals surface area (Å²) in [6.45, 7) is 2.70. The maximum absolute atomic E-state index is 12.0. The lowest BCUT2D eigenvalue weighted by Gasteiger charge is -2.10. The molecule has 0 aliphatic rings. The summed E-state index contributed by atoms with van der Waals surface area (Å²) in [5.41, 5.74) is 1.91. The number of amides is 4. The molecule has 0 unspecified atom stereocenters. The van der Waals surface area contributed by atoms with Gasteiger partial charge in [-0.15, -0.1) is 0 Å². The number of rotatable bonds is 6. The summed E-state index contributed by atoms with van der Waals surface area (Å²) in [6.07, 6.45) is 1.96. The van der Waals surface area contributed by atoms with Crippen LogP contribution in [0.1, 0.15) is 19.8 Å². The van der Waals surface area contributed by atoms with Gasteiger partial charge in [-0.2, -0.15) is 0 Å². The topological polar surface area (TPSA) is 82.3 Å². The summed E-state index contributed by atoms with van der Waals surface area (Å²) >= 11 is 0. The molecule has 0 aliphatic carbocycles. The zero-order valence-electron chi connectivity index (χ0n) is 13.6. The predicted octanol–water partition coefficient (Wildman–Crippen LogP) is 4.25. The van der Waals surface area contributed by atoms with Crippen LogP contribution in [0.2, 0.25) is 0 Å². The molecule has 0 aliphatic heterocycles. The number of urea groups is 2. The molecule has 0 atom stereocenters. The Balaban J connectivity index is 1.87. The minimum Gasteiger partial charge on any atom is -0.338 e. The van der Waals surface area contributed by atoms with Crippen molar-refractivity contribution in [2.75, 3.05) is 22.5 Å². The number of anilines is 3. The van der Waals surface area contributed by atoms with E-state index in [1.165, 1.54) is 0 Å². The van der Waals surface area contributed by atoms with Crippen molar-refractivity contribution >= 4 is 29.1 Å². The molecule has 24 heavy (non-hydrogen) atoms. The lowest BCUT2D eigenvalue weighted by Crippen LogP contribution is -2.29. The van der Waals surface area contributed by atoms with Gasteiger partial charge in [0.15, 0.2) is 0 Å². The van der Waals surface area contributed by atoms with Crippen LogP contribution in [0.25, 0.3) is 0 Å². The van der Waals surface area contributed by atoms with Crippen molar-refractivity contribution in [1.29, 1.82) is 0 Å². The molecule has 0 fully saturated rings. The highest BCUT2D eigenvalue weighted by atomic mass is 16.2. The number of hydrogen-bond acceptors (Lipinski definition) is 2. The van der Waals surface area contributed by atoms with E-state index in [1.54, 1.807) is 36.4 Å². The number of carbonyl (C=O) groups excluding carboxylic acids is 2. The molecule has 0 aromatic heterocycles. The average Bonchev–Trinajstić information content (AvgIpc) is 2.56. The number of unbranched alkanes of at least 4 members (excludes halogenated alkanes) is 1. The molecule has 2 rings (SSSR count). The van der Waals surface area contributed by atoms with Crippen molar-refractivity contribution in [3.63, 3.8) is 0 Å². The molecule has 0 saturated carbocycles. The van der Waals surface area contributed by atoms with Gasteiger partial charge in [0.2, 0.25) is 0 Å². The van der Waals surface area contributed by atoms with Crippen LogP contribution in [0.5, 0.6) is 0 Å². The predicted molar refractivity (Wildman–Crippen MR) is 97.5 cm³/mol. The highest BCUT2D eigenvalue weighted by Crippen LogP contribution is 2.15. The van der Waals surface area contributed by atoms with Crippen LogP contribution < -0.4 is 21.3 Å². The third kappa shape index (κ3) is 6.00. The van der Waals surface area contributed by atoms with Gasteiger partial charge >= 0.3 is 12.1 Å². The minimum absolute atomic E-state index is 0.255. The SMILES string of the molecule is CCCCNC(=O)Nc1cccc(NC(=O)Nc2ccccc2)c1. The Morgan fingerprint density at radius 2 is 1.38 bits per heavy atom. The summed E-state index contributed by atoms with van der Waals surface area (Å²) in [6, 6.07) is 15.6. The number of hydrogen-bond donors (Lipinski definition) is 4. The molecule has 6 heteroatoms. The summed E-state index contributed by atoms with van der Waals surface area (Å²) in [4.78, 5) is 23.7. The van der Waals surface area contributed by atoms with Crippen LogP contribution in [0.3, 0.4) is 0 Å². The van der Waals surface area contributed by atoms with Crippen LogP contribution in [0.4, 0.5) is 26.7 Å². The van der Waals surface area contributed by atoms with E-state index in [9.17, 15) is 9.59 Å². The lowest BCUT2D eigenvalue weighted by atomic mass is 10.3. The van der Waals surface area contributed by atoms with Crippen LogP contribution in [0, 0.1) is 0 Å². The zero-order valence-corrected chi connectivity index (χ0v) is 13.6. The number of nitrogens with one attached hydrogen (secondary N) is 4. The second-order valence-corrected chi connectivity index (χ2v) is 5.26. The Bertz CT molecular complexity index is 674. The van der Waals surface area contributed by atoms with Gasteiger partial charge in [0, 0.05) is 23.6 Å². The van der Waals surface area contributed by atoms with Crippen LogP contribution in [-0.4, -0.2) is 18.6 Å². The van der Waals surface area contributed by atoms with Crippen molar-refractivity contribution in [2.24, 2.45) is 0 Å². The van der Waals surface area contributed by atoms with E-state index in [2.05, 4.69) is 28.2 Å². The first-order chi connectivity index (χ1) is 11.7. The fraction of sp³-hybridized carbons (Fsp3) is 0.222. The molecule has 0 bridgehead atoms. The van der Waals surface area contributed by atoms with E-state index in [1.807, 2.05) is 18.2 Å². The van der Waals surface area contributed by atoms with Crippen molar-refractivity contribution < 1.29 is 9.59 Å². The van der Waals surface area contributed by atoms with Gasteiger partial charge in [0.1, 0.15) is 0 Å². The molecule has 0 spiro atoms. The average molecular weight is 326 g/mol. The Morgan fingerprint density at radius 3 is 2.04 bits per heavy atom. The van der Waals surface area contributed by atoms with Crippen LogP contribution in [0.15, 0.2) is 54.6 Å². The number of benzene rings is 2. The summed E-state index contributed by atoms with van der Waals surface area (Å²) in [7, 11) is 0. The fourth-order valence-electron chi connectivity index (χ4n) is 2.04. The van der Waals surface area contributed by atoms with Gasteiger partial charge in [-0.3, -0.25) is 0 Å². The van der Waals surface area contributed by atoms with E-state index in [4.69, 9.17) is 0 Å². The second-order valence-electron chi connectivity index (χ2n) is 5.26. The van der Waals surface area contributed by atoms with Gasteiger partial charge in [0.25, 0.3) is 0 Å². The maximum Gasteiger partial charge on any atom is 0.323 e. The normalized spacial score (nSPS) is 9.88.